The molecule has 148 valence electrons. The molecule has 0 unspecified atom stereocenters. The molecule has 0 bridgehead atoms. The maximum atomic E-state index is 12.4. The Morgan fingerprint density at radius 3 is 1.97 bits per heavy atom. The molecule has 0 heterocycles. The molecule has 1 amide bonds. The van der Waals surface area contributed by atoms with E-state index in [1.165, 1.54) is 0 Å². The van der Waals surface area contributed by atoms with Crippen LogP contribution in [0.4, 0.5) is 0 Å². The molecule has 1 N–H and O–H groups in total. The summed E-state index contributed by atoms with van der Waals surface area (Å²) in [6.45, 7) is 0.965. The smallest absolute Gasteiger partial charge is 0.257 e. The van der Waals surface area contributed by atoms with Gasteiger partial charge in [-0.05, 0) is 42.8 Å². The number of benzene rings is 3. The predicted octanol–water partition coefficient (Wildman–Crippen LogP) is 3.88. The molecule has 3 aromatic rings. The molecule has 0 fully saturated rings. The average Bonchev–Trinajstić information content (AvgIpc) is 2.78. The number of ketones is 1. The van der Waals surface area contributed by atoms with Crippen molar-refractivity contribution < 1.29 is 19.1 Å². The molecule has 0 radical (unpaired) electrons. The Bertz CT molecular complexity index is 909. The van der Waals surface area contributed by atoms with E-state index >= 15 is 0 Å². The number of hydrogen-bond acceptors (Lipinski definition) is 4. The maximum absolute atomic E-state index is 12.4. The molecule has 0 atom stereocenters. The van der Waals surface area contributed by atoms with E-state index in [-0.39, 0.29) is 18.3 Å². The molecular formula is C24H23NO4. The van der Waals surface area contributed by atoms with Gasteiger partial charge in [-0.3, -0.25) is 9.59 Å². The molecule has 5 nitrogen and oxygen atoms in total. The van der Waals surface area contributed by atoms with E-state index < -0.39 is 0 Å². The number of amides is 1. The molecule has 3 rings (SSSR count). The van der Waals surface area contributed by atoms with Crippen LogP contribution >= 0.6 is 0 Å². The van der Waals surface area contributed by atoms with Crippen LogP contribution in [0.15, 0.2) is 84.9 Å². The van der Waals surface area contributed by atoms with E-state index in [1.54, 1.807) is 36.4 Å². The lowest BCUT2D eigenvalue weighted by Gasteiger charge is -2.09. The average molecular weight is 389 g/mol. The van der Waals surface area contributed by atoms with Gasteiger partial charge < -0.3 is 14.8 Å². The summed E-state index contributed by atoms with van der Waals surface area (Å²) in [4.78, 5) is 24.2. The third kappa shape index (κ3) is 6.50. The van der Waals surface area contributed by atoms with Gasteiger partial charge in [-0.25, -0.2) is 0 Å². The van der Waals surface area contributed by atoms with Crippen LogP contribution in [0.1, 0.15) is 22.3 Å². The van der Waals surface area contributed by atoms with Crippen molar-refractivity contribution in [3.63, 3.8) is 0 Å². The van der Waals surface area contributed by atoms with E-state index in [1.807, 2.05) is 48.5 Å². The Morgan fingerprint density at radius 1 is 0.690 bits per heavy atom. The molecular weight excluding hydrogens is 366 g/mol. The second kappa shape index (κ2) is 10.7. The number of ether oxygens (including phenoxy) is 2. The van der Waals surface area contributed by atoms with Crippen LogP contribution in [-0.4, -0.2) is 31.4 Å². The van der Waals surface area contributed by atoms with Crippen molar-refractivity contribution in [2.45, 2.75) is 6.42 Å². The van der Waals surface area contributed by atoms with E-state index in [2.05, 4.69) is 5.32 Å². The lowest BCUT2D eigenvalue weighted by atomic mass is 10.0. The third-order valence-electron chi connectivity index (χ3n) is 4.18. The summed E-state index contributed by atoms with van der Waals surface area (Å²) in [5.41, 5.74) is 1.21. The Balaban J connectivity index is 1.35. The fourth-order valence-corrected chi connectivity index (χ4v) is 2.67. The first-order valence-electron chi connectivity index (χ1n) is 9.49. The van der Waals surface area contributed by atoms with Gasteiger partial charge >= 0.3 is 0 Å². The van der Waals surface area contributed by atoms with Gasteiger partial charge in [0.2, 0.25) is 0 Å². The molecule has 0 aliphatic rings. The standard InChI is InChI=1S/C24H23NO4/c26-23(25-16-7-17-28-21-10-5-2-6-11-21)18-29-22-14-12-20(13-15-22)24(27)19-8-3-1-4-9-19/h1-6,8-15H,7,16-18H2,(H,25,26). The van der Waals surface area contributed by atoms with Crippen LogP contribution in [0.25, 0.3) is 0 Å². The van der Waals surface area contributed by atoms with E-state index in [0.29, 0.717) is 36.4 Å². The maximum Gasteiger partial charge on any atom is 0.257 e. The van der Waals surface area contributed by atoms with Crippen LogP contribution in [0.2, 0.25) is 0 Å². The highest BCUT2D eigenvalue weighted by Crippen LogP contribution is 2.15. The number of hydrogen-bond donors (Lipinski definition) is 1. The second-order valence-corrected chi connectivity index (χ2v) is 6.37. The molecule has 0 aliphatic heterocycles. The summed E-state index contributed by atoms with van der Waals surface area (Å²) in [6.07, 6.45) is 0.705. The Hall–Kier alpha value is -3.60. The third-order valence-corrected chi connectivity index (χ3v) is 4.18. The van der Waals surface area contributed by atoms with Crippen molar-refractivity contribution in [3.05, 3.63) is 96.1 Å². The zero-order valence-corrected chi connectivity index (χ0v) is 16.0. The number of carbonyl (C=O) groups is 2. The summed E-state index contributed by atoms with van der Waals surface area (Å²) < 4.78 is 11.0. The summed E-state index contributed by atoms with van der Waals surface area (Å²) in [5.74, 6) is 1.11. The zero-order valence-electron chi connectivity index (χ0n) is 16.0. The van der Waals surface area contributed by atoms with Gasteiger partial charge in [0, 0.05) is 17.7 Å². The number of nitrogens with one attached hydrogen (secondary N) is 1. The van der Waals surface area contributed by atoms with E-state index in [9.17, 15) is 9.59 Å². The van der Waals surface area contributed by atoms with Gasteiger partial charge in [0.15, 0.2) is 12.4 Å². The molecule has 0 aliphatic carbocycles. The minimum Gasteiger partial charge on any atom is -0.494 e. The molecule has 3 aromatic carbocycles. The first-order chi connectivity index (χ1) is 14.2. The van der Waals surface area contributed by atoms with Gasteiger partial charge in [-0.15, -0.1) is 0 Å². The predicted molar refractivity (Wildman–Crippen MR) is 111 cm³/mol. The highest BCUT2D eigenvalue weighted by atomic mass is 16.5. The fraction of sp³-hybridized carbons (Fsp3) is 0.167. The molecule has 0 saturated carbocycles. The first kappa shape index (κ1) is 20.1. The van der Waals surface area contributed by atoms with Gasteiger partial charge in [0.25, 0.3) is 5.91 Å². The van der Waals surface area contributed by atoms with Crippen molar-refractivity contribution in [2.75, 3.05) is 19.8 Å². The fourth-order valence-electron chi connectivity index (χ4n) is 2.67. The lowest BCUT2D eigenvalue weighted by molar-refractivity contribution is -0.123. The van der Waals surface area contributed by atoms with Crippen LogP contribution in [0.3, 0.4) is 0 Å². The monoisotopic (exact) mass is 389 g/mol. The van der Waals surface area contributed by atoms with Crippen LogP contribution in [0.5, 0.6) is 11.5 Å². The molecule has 5 heteroatoms. The summed E-state index contributed by atoms with van der Waals surface area (Å²) in [6, 6.07) is 25.4. The molecule has 0 aromatic heterocycles. The van der Waals surface area contributed by atoms with Crippen molar-refractivity contribution >= 4 is 11.7 Å². The second-order valence-electron chi connectivity index (χ2n) is 6.37. The lowest BCUT2D eigenvalue weighted by Crippen LogP contribution is -2.30. The molecule has 29 heavy (non-hydrogen) atoms. The molecule has 0 spiro atoms. The van der Waals surface area contributed by atoms with Crippen molar-refractivity contribution in [2.24, 2.45) is 0 Å². The van der Waals surface area contributed by atoms with Gasteiger partial charge in [0.05, 0.1) is 6.61 Å². The Labute approximate surface area is 170 Å². The molecule has 0 saturated heterocycles. The zero-order chi connectivity index (χ0) is 20.3. The minimum atomic E-state index is -0.200. The van der Waals surface area contributed by atoms with Gasteiger partial charge in [-0.1, -0.05) is 48.5 Å². The SMILES string of the molecule is O=C(COc1ccc(C(=O)c2ccccc2)cc1)NCCCOc1ccccc1. The van der Waals surface area contributed by atoms with E-state index in [4.69, 9.17) is 9.47 Å². The Kier molecular flexibility index (Phi) is 7.41. The summed E-state index contributed by atoms with van der Waals surface area (Å²) in [5, 5.41) is 2.79. The minimum absolute atomic E-state index is 0.0485. The first-order valence-corrected chi connectivity index (χ1v) is 9.49. The van der Waals surface area contributed by atoms with Crippen molar-refractivity contribution in [1.29, 1.82) is 0 Å². The van der Waals surface area contributed by atoms with Crippen molar-refractivity contribution in [3.8, 4) is 11.5 Å². The highest BCUT2D eigenvalue weighted by Gasteiger charge is 2.09. The summed E-state index contributed by atoms with van der Waals surface area (Å²) in [7, 11) is 0. The summed E-state index contributed by atoms with van der Waals surface area (Å²) >= 11 is 0. The number of carbonyl (C=O) groups excluding carboxylic acids is 2. The van der Waals surface area contributed by atoms with E-state index in [0.717, 1.165) is 5.75 Å². The number of rotatable bonds is 10. The topological polar surface area (TPSA) is 64.6 Å². The Morgan fingerprint density at radius 2 is 1.28 bits per heavy atom. The van der Waals surface area contributed by atoms with Crippen LogP contribution < -0.4 is 14.8 Å². The van der Waals surface area contributed by atoms with Gasteiger partial charge in [0.1, 0.15) is 11.5 Å². The van der Waals surface area contributed by atoms with Crippen LogP contribution in [-0.2, 0) is 4.79 Å². The van der Waals surface area contributed by atoms with Gasteiger partial charge in [-0.2, -0.15) is 0 Å². The van der Waals surface area contributed by atoms with Crippen molar-refractivity contribution in [1.82, 2.24) is 5.32 Å². The van der Waals surface area contributed by atoms with Crippen LogP contribution in [0, 0.1) is 0 Å². The number of para-hydroxylation sites is 1. The normalized spacial score (nSPS) is 10.2. The largest absolute Gasteiger partial charge is 0.494 e. The highest BCUT2D eigenvalue weighted by molar-refractivity contribution is 6.08. The quantitative estimate of drug-likeness (QED) is 0.422.